The standard InChI is InChI=1S/C13H9BrClFIN/c14-8-2-3-11(16)9(6-8)13(18)7-1-4-12(17)10(15)5-7/h1-6,13H,18H2. The molecule has 0 aliphatic carbocycles. The zero-order valence-corrected chi connectivity index (χ0v) is 13.6. The Balaban J connectivity index is 2.44. The summed E-state index contributed by atoms with van der Waals surface area (Å²) in [7, 11) is 0. The van der Waals surface area contributed by atoms with Crippen molar-refractivity contribution >= 4 is 50.1 Å². The van der Waals surface area contributed by atoms with Gasteiger partial charge in [0.25, 0.3) is 0 Å². The first-order valence-corrected chi connectivity index (χ1v) is 7.39. The Labute approximate surface area is 132 Å². The predicted molar refractivity (Wildman–Crippen MR) is 84.3 cm³/mol. The lowest BCUT2D eigenvalue weighted by Gasteiger charge is -2.14. The Kier molecular flexibility index (Phi) is 4.64. The van der Waals surface area contributed by atoms with Crippen LogP contribution in [-0.2, 0) is 0 Å². The molecule has 0 aliphatic heterocycles. The Morgan fingerprint density at radius 3 is 2.61 bits per heavy atom. The van der Waals surface area contributed by atoms with Crippen LogP contribution in [0.3, 0.4) is 0 Å². The summed E-state index contributed by atoms with van der Waals surface area (Å²) < 4.78 is 15.5. The minimum absolute atomic E-state index is 0.319. The van der Waals surface area contributed by atoms with Crippen LogP contribution in [0, 0.1) is 9.39 Å². The topological polar surface area (TPSA) is 26.0 Å². The molecule has 0 bridgehead atoms. The molecule has 2 aromatic rings. The van der Waals surface area contributed by atoms with Gasteiger partial charge in [-0.2, -0.15) is 0 Å². The van der Waals surface area contributed by atoms with E-state index in [9.17, 15) is 4.39 Å². The van der Waals surface area contributed by atoms with E-state index in [0.29, 0.717) is 10.6 Å². The highest BCUT2D eigenvalue weighted by molar-refractivity contribution is 14.1. The molecule has 2 N–H and O–H groups in total. The highest BCUT2D eigenvalue weighted by Gasteiger charge is 2.15. The number of nitrogens with two attached hydrogens (primary N) is 1. The van der Waals surface area contributed by atoms with E-state index in [4.69, 9.17) is 17.3 Å². The largest absolute Gasteiger partial charge is 0.320 e. The van der Waals surface area contributed by atoms with Crippen molar-refractivity contribution in [1.29, 1.82) is 0 Å². The molecule has 18 heavy (non-hydrogen) atoms. The molecule has 1 nitrogen and oxygen atoms in total. The minimum atomic E-state index is -0.531. The van der Waals surface area contributed by atoms with Gasteiger partial charge in [-0.1, -0.05) is 33.6 Å². The zero-order valence-electron chi connectivity index (χ0n) is 9.13. The number of hydrogen-bond donors (Lipinski definition) is 1. The maximum atomic E-state index is 13.8. The Morgan fingerprint density at radius 2 is 1.94 bits per heavy atom. The lowest BCUT2D eigenvalue weighted by molar-refractivity contribution is 0.599. The van der Waals surface area contributed by atoms with Gasteiger partial charge >= 0.3 is 0 Å². The van der Waals surface area contributed by atoms with E-state index >= 15 is 0 Å². The summed E-state index contributed by atoms with van der Waals surface area (Å²) in [6.07, 6.45) is 0. The van der Waals surface area contributed by atoms with Crippen LogP contribution in [0.4, 0.5) is 4.39 Å². The normalized spacial score (nSPS) is 12.5. The smallest absolute Gasteiger partial charge is 0.128 e. The minimum Gasteiger partial charge on any atom is -0.320 e. The van der Waals surface area contributed by atoms with E-state index in [-0.39, 0.29) is 5.82 Å². The van der Waals surface area contributed by atoms with E-state index in [1.165, 1.54) is 6.07 Å². The second kappa shape index (κ2) is 5.86. The second-order valence-electron chi connectivity index (χ2n) is 3.82. The molecule has 0 aliphatic rings. The van der Waals surface area contributed by atoms with Crippen LogP contribution in [0.25, 0.3) is 0 Å². The molecule has 0 heterocycles. The average molecular weight is 440 g/mol. The van der Waals surface area contributed by atoms with Crippen molar-refractivity contribution in [3.8, 4) is 0 Å². The molecule has 0 saturated carbocycles. The summed E-state index contributed by atoms with van der Waals surface area (Å²) in [6, 6.07) is 9.70. The highest BCUT2D eigenvalue weighted by Crippen LogP contribution is 2.28. The maximum absolute atomic E-state index is 13.8. The first-order chi connectivity index (χ1) is 8.49. The van der Waals surface area contributed by atoms with Crippen molar-refractivity contribution in [2.45, 2.75) is 6.04 Å². The van der Waals surface area contributed by atoms with E-state index < -0.39 is 6.04 Å². The van der Waals surface area contributed by atoms with Crippen LogP contribution in [0.2, 0.25) is 5.02 Å². The van der Waals surface area contributed by atoms with E-state index in [1.807, 2.05) is 12.1 Å². The number of benzene rings is 2. The van der Waals surface area contributed by atoms with Gasteiger partial charge in [-0.15, -0.1) is 0 Å². The van der Waals surface area contributed by atoms with Crippen molar-refractivity contribution in [2.75, 3.05) is 0 Å². The third kappa shape index (κ3) is 3.04. The molecule has 0 fully saturated rings. The van der Waals surface area contributed by atoms with Gasteiger partial charge in [0.15, 0.2) is 0 Å². The van der Waals surface area contributed by atoms with Crippen LogP contribution < -0.4 is 5.73 Å². The second-order valence-corrected chi connectivity index (χ2v) is 6.30. The fourth-order valence-electron chi connectivity index (χ4n) is 1.64. The summed E-state index contributed by atoms with van der Waals surface area (Å²) in [6.45, 7) is 0. The Morgan fingerprint density at radius 1 is 1.22 bits per heavy atom. The van der Waals surface area contributed by atoms with E-state index in [0.717, 1.165) is 13.6 Å². The molecule has 5 heteroatoms. The molecule has 0 aromatic heterocycles. The van der Waals surface area contributed by atoms with E-state index in [1.54, 1.807) is 18.2 Å². The molecule has 1 atom stereocenters. The lowest BCUT2D eigenvalue weighted by Crippen LogP contribution is -2.13. The van der Waals surface area contributed by atoms with Gasteiger partial charge in [0.1, 0.15) is 5.82 Å². The molecular formula is C13H9BrClFIN. The molecule has 94 valence electrons. The third-order valence-corrected chi connectivity index (χ3v) is 4.66. The summed E-state index contributed by atoms with van der Waals surface area (Å²) in [4.78, 5) is 0. The summed E-state index contributed by atoms with van der Waals surface area (Å²) >= 11 is 11.5. The summed E-state index contributed by atoms with van der Waals surface area (Å²) in [5.74, 6) is -0.319. The fraction of sp³-hybridized carbons (Fsp3) is 0.0769. The van der Waals surface area contributed by atoms with Crippen molar-refractivity contribution in [2.24, 2.45) is 5.73 Å². The SMILES string of the molecule is NC(c1ccc(I)c(Cl)c1)c1cc(Br)ccc1F. The molecule has 0 radical (unpaired) electrons. The van der Waals surface area contributed by atoms with Crippen LogP contribution in [0.15, 0.2) is 40.9 Å². The first kappa shape index (κ1) is 14.2. The number of hydrogen-bond acceptors (Lipinski definition) is 1. The molecule has 0 spiro atoms. The van der Waals surface area contributed by atoms with Gasteiger partial charge < -0.3 is 5.73 Å². The van der Waals surface area contributed by atoms with Gasteiger partial charge in [0, 0.05) is 13.6 Å². The van der Waals surface area contributed by atoms with Crippen molar-refractivity contribution in [3.05, 3.63) is 66.4 Å². The lowest BCUT2D eigenvalue weighted by atomic mass is 9.99. The molecule has 1 unspecified atom stereocenters. The van der Waals surface area contributed by atoms with Gasteiger partial charge in [-0.3, -0.25) is 0 Å². The van der Waals surface area contributed by atoms with Gasteiger partial charge in [-0.25, -0.2) is 4.39 Å². The molecule has 0 saturated heterocycles. The molecule has 2 aromatic carbocycles. The van der Waals surface area contributed by atoms with Crippen molar-refractivity contribution in [1.82, 2.24) is 0 Å². The Hall–Kier alpha value is -0.170. The van der Waals surface area contributed by atoms with Crippen molar-refractivity contribution in [3.63, 3.8) is 0 Å². The molecule has 0 amide bonds. The highest BCUT2D eigenvalue weighted by atomic mass is 127. The van der Waals surface area contributed by atoms with Crippen LogP contribution >= 0.6 is 50.1 Å². The quantitative estimate of drug-likeness (QED) is 0.661. The molecule has 2 rings (SSSR count). The van der Waals surface area contributed by atoms with Gasteiger partial charge in [0.2, 0.25) is 0 Å². The predicted octanol–water partition coefficient (Wildman–Crippen LogP) is 4.89. The number of halogens is 4. The maximum Gasteiger partial charge on any atom is 0.128 e. The average Bonchev–Trinajstić information content (AvgIpc) is 2.35. The van der Waals surface area contributed by atoms with Crippen LogP contribution in [0.1, 0.15) is 17.2 Å². The summed E-state index contributed by atoms with van der Waals surface area (Å²) in [5.41, 5.74) is 7.32. The van der Waals surface area contributed by atoms with Gasteiger partial charge in [0.05, 0.1) is 11.1 Å². The van der Waals surface area contributed by atoms with Gasteiger partial charge in [-0.05, 0) is 58.5 Å². The third-order valence-electron chi connectivity index (χ3n) is 2.60. The summed E-state index contributed by atoms with van der Waals surface area (Å²) in [5, 5.41) is 0.624. The zero-order chi connectivity index (χ0) is 13.3. The van der Waals surface area contributed by atoms with Crippen LogP contribution in [-0.4, -0.2) is 0 Å². The fourth-order valence-corrected chi connectivity index (χ4v) is 2.54. The monoisotopic (exact) mass is 439 g/mol. The van der Waals surface area contributed by atoms with Crippen LogP contribution in [0.5, 0.6) is 0 Å². The number of rotatable bonds is 2. The van der Waals surface area contributed by atoms with E-state index in [2.05, 4.69) is 38.5 Å². The molecular weight excluding hydrogens is 431 g/mol. The first-order valence-electron chi connectivity index (χ1n) is 5.14. The van der Waals surface area contributed by atoms with Crippen molar-refractivity contribution < 1.29 is 4.39 Å². The Bertz CT molecular complexity index is 591.